The molecule has 28 heavy (non-hydrogen) atoms. The average molecular weight is 385 g/mol. The summed E-state index contributed by atoms with van der Waals surface area (Å²) in [6.45, 7) is 3.02. The van der Waals surface area contributed by atoms with Crippen LogP contribution in [0.1, 0.15) is 16.1 Å². The minimum absolute atomic E-state index is 0.246. The third-order valence-electron chi connectivity index (χ3n) is 4.56. The second kappa shape index (κ2) is 9.03. The Morgan fingerprint density at radius 1 is 1.11 bits per heavy atom. The highest BCUT2D eigenvalue weighted by Gasteiger charge is 2.17. The van der Waals surface area contributed by atoms with Crippen molar-refractivity contribution in [1.82, 2.24) is 20.2 Å². The first-order valence-corrected chi connectivity index (χ1v) is 8.90. The standard InChI is InChI=1S/C19H23N5O4/c1-27-16-4-3-14(9-17(16)28-2)10-22-19(26)15-11-21-18(12-20-15)24-7-5-23(13-25)6-8-24/h3-4,9,11-13H,5-8,10H2,1-2H3,(H,22,26). The average Bonchev–Trinajstić information content (AvgIpc) is 2.77. The van der Waals surface area contributed by atoms with E-state index in [4.69, 9.17) is 9.47 Å². The molecule has 0 bridgehead atoms. The number of benzene rings is 1. The third kappa shape index (κ3) is 4.48. The first-order valence-electron chi connectivity index (χ1n) is 8.90. The van der Waals surface area contributed by atoms with Crippen molar-refractivity contribution in [3.63, 3.8) is 0 Å². The highest BCUT2D eigenvalue weighted by atomic mass is 16.5. The topological polar surface area (TPSA) is 96.9 Å². The van der Waals surface area contributed by atoms with Crippen LogP contribution in [0.4, 0.5) is 5.82 Å². The van der Waals surface area contributed by atoms with Gasteiger partial charge in [-0.3, -0.25) is 9.59 Å². The van der Waals surface area contributed by atoms with E-state index in [2.05, 4.69) is 15.3 Å². The van der Waals surface area contributed by atoms with Crippen LogP contribution in [-0.2, 0) is 11.3 Å². The molecular weight excluding hydrogens is 362 g/mol. The predicted octanol–water partition coefficient (Wildman–Crippen LogP) is 0.702. The monoisotopic (exact) mass is 385 g/mol. The van der Waals surface area contributed by atoms with E-state index in [-0.39, 0.29) is 11.6 Å². The van der Waals surface area contributed by atoms with Gasteiger partial charge in [0.25, 0.3) is 5.91 Å². The maximum Gasteiger partial charge on any atom is 0.271 e. The van der Waals surface area contributed by atoms with Gasteiger partial charge in [0.15, 0.2) is 11.5 Å². The van der Waals surface area contributed by atoms with E-state index in [0.717, 1.165) is 12.0 Å². The zero-order valence-electron chi connectivity index (χ0n) is 15.9. The number of ether oxygens (including phenoxy) is 2. The van der Waals surface area contributed by atoms with Crippen molar-refractivity contribution in [1.29, 1.82) is 0 Å². The molecule has 9 heteroatoms. The predicted molar refractivity (Wildman–Crippen MR) is 103 cm³/mol. The quantitative estimate of drug-likeness (QED) is 0.701. The van der Waals surface area contributed by atoms with Crippen LogP contribution in [0.5, 0.6) is 11.5 Å². The molecule has 0 radical (unpaired) electrons. The van der Waals surface area contributed by atoms with Gasteiger partial charge in [0.2, 0.25) is 6.41 Å². The fourth-order valence-electron chi connectivity index (χ4n) is 2.92. The zero-order valence-corrected chi connectivity index (χ0v) is 15.9. The molecule has 3 rings (SSSR count). The second-order valence-corrected chi connectivity index (χ2v) is 6.26. The van der Waals surface area contributed by atoms with Crippen molar-refractivity contribution in [3.8, 4) is 11.5 Å². The van der Waals surface area contributed by atoms with Crippen LogP contribution >= 0.6 is 0 Å². The van der Waals surface area contributed by atoms with Crippen LogP contribution < -0.4 is 19.7 Å². The first kappa shape index (κ1) is 19.4. The third-order valence-corrected chi connectivity index (χ3v) is 4.56. The Morgan fingerprint density at radius 2 is 1.86 bits per heavy atom. The number of aromatic nitrogens is 2. The molecule has 1 aliphatic heterocycles. The second-order valence-electron chi connectivity index (χ2n) is 6.26. The number of nitrogens with zero attached hydrogens (tertiary/aromatic N) is 4. The number of carbonyl (C=O) groups excluding carboxylic acids is 2. The molecule has 1 aromatic heterocycles. The highest BCUT2D eigenvalue weighted by Crippen LogP contribution is 2.27. The first-order chi connectivity index (χ1) is 13.6. The normalized spacial score (nSPS) is 13.8. The Bertz CT molecular complexity index is 820. The molecule has 9 nitrogen and oxygen atoms in total. The summed E-state index contributed by atoms with van der Waals surface area (Å²) in [5.41, 5.74) is 1.12. The summed E-state index contributed by atoms with van der Waals surface area (Å²) >= 11 is 0. The van der Waals surface area contributed by atoms with Crippen LogP contribution in [0, 0.1) is 0 Å². The Kier molecular flexibility index (Phi) is 6.25. The van der Waals surface area contributed by atoms with Gasteiger partial charge < -0.3 is 24.6 Å². The van der Waals surface area contributed by atoms with Crippen LogP contribution in [0.25, 0.3) is 0 Å². The lowest BCUT2D eigenvalue weighted by Gasteiger charge is -2.33. The van der Waals surface area contributed by atoms with Crippen LogP contribution in [0.3, 0.4) is 0 Å². The molecule has 1 aromatic carbocycles. The highest BCUT2D eigenvalue weighted by molar-refractivity contribution is 5.92. The van der Waals surface area contributed by atoms with Gasteiger partial charge in [-0.25, -0.2) is 9.97 Å². The molecule has 1 N–H and O–H groups in total. The molecule has 0 atom stereocenters. The molecule has 0 saturated carbocycles. The Labute approximate surface area is 163 Å². The van der Waals surface area contributed by atoms with Gasteiger partial charge in [0.1, 0.15) is 11.5 Å². The van der Waals surface area contributed by atoms with Gasteiger partial charge in [-0.15, -0.1) is 0 Å². The summed E-state index contributed by atoms with van der Waals surface area (Å²) in [5.74, 6) is 1.63. The van der Waals surface area contributed by atoms with E-state index < -0.39 is 0 Å². The SMILES string of the molecule is COc1ccc(CNC(=O)c2cnc(N3CCN(C=O)CC3)cn2)cc1OC. The lowest BCUT2D eigenvalue weighted by molar-refractivity contribution is -0.118. The van der Waals surface area contributed by atoms with Crippen molar-refractivity contribution < 1.29 is 19.1 Å². The fourth-order valence-corrected chi connectivity index (χ4v) is 2.92. The van der Waals surface area contributed by atoms with Crippen LogP contribution in [-0.4, -0.2) is 67.6 Å². The van der Waals surface area contributed by atoms with E-state index in [9.17, 15) is 9.59 Å². The van der Waals surface area contributed by atoms with Crippen molar-refractivity contribution in [3.05, 3.63) is 41.9 Å². The van der Waals surface area contributed by atoms with Crippen LogP contribution in [0.2, 0.25) is 0 Å². The number of piperazine rings is 1. The molecule has 148 valence electrons. The zero-order chi connectivity index (χ0) is 19.9. The largest absolute Gasteiger partial charge is 0.493 e. The number of nitrogens with one attached hydrogen (secondary N) is 1. The van der Waals surface area contributed by atoms with Gasteiger partial charge in [-0.2, -0.15) is 0 Å². The van der Waals surface area contributed by atoms with Gasteiger partial charge >= 0.3 is 0 Å². The van der Waals surface area contributed by atoms with E-state index in [1.165, 1.54) is 6.20 Å². The smallest absolute Gasteiger partial charge is 0.271 e. The maximum atomic E-state index is 12.3. The molecule has 1 saturated heterocycles. The number of anilines is 1. The van der Waals surface area contributed by atoms with E-state index in [1.54, 1.807) is 31.4 Å². The van der Waals surface area contributed by atoms with E-state index in [1.807, 2.05) is 17.0 Å². The van der Waals surface area contributed by atoms with Gasteiger partial charge in [0, 0.05) is 32.7 Å². The van der Waals surface area contributed by atoms with Gasteiger partial charge in [-0.1, -0.05) is 6.07 Å². The Morgan fingerprint density at radius 3 is 2.46 bits per heavy atom. The molecule has 1 aliphatic rings. The maximum absolute atomic E-state index is 12.3. The summed E-state index contributed by atoms with van der Waals surface area (Å²) in [6, 6.07) is 5.46. The summed E-state index contributed by atoms with van der Waals surface area (Å²) in [4.78, 5) is 35.4. The van der Waals surface area contributed by atoms with Gasteiger partial charge in [-0.05, 0) is 17.7 Å². The van der Waals surface area contributed by atoms with Gasteiger partial charge in [0.05, 0.1) is 26.6 Å². The molecule has 0 unspecified atom stereocenters. The Balaban J connectivity index is 1.57. The summed E-state index contributed by atoms with van der Waals surface area (Å²) < 4.78 is 10.5. The number of hydrogen-bond acceptors (Lipinski definition) is 7. The molecule has 0 spiro atoms. The molecular formula is C19H23N5O4. The number of hydrogen-bond donors (Lipinski definition) is 1. The lowest BCUT2D eigenvalue weighted by atomic mass is 10.2. The summed E-state index contributed by atoms with van der Waals surface area (Å²) in [7, 11) is 3.14. The lowest BCUT2D eigenvalue weighted by Crippen LogP contribution is -2.46. The minimum Gasteiger partial charge on any atom is -0.493 e. The molecule has 0 aliphatic carbocycles. The van der Waals surface area contributed by atoms with Crippen molar-refractivity contribution in [2.75, 3.05) is 45.3 Å². The molecule has 1 fully saturated rings. The van der Waals surface area contributed by atoms with Crippen molar-refractivity contribution >= 4 is 18.1 Å². The van der Waals surface area contributed by atoms with Crippen LogP contribution in [0.15, 0.2) is 30.6 Å². The number of carbonyl (C=O) groups is 2. The van der Waals surface area contributed by atoms with Crippen molar-refractivity contribution in [2.45, 2.75) is 6.54 Å². The number of amides is 2. The summed E-state index contributed by atoms with van der Waals surface area (Å²) in [6.07, 6.45) is 3.90. The summed E-state index contributed by atoms with van der Waals surface area (Å²) in [5, 5.41) is 2.82. The Hall–Kier alpha value is -3.36. The molecule has 2 heterocycles. The number of rotatable bonds is 7. The van der Waals surface area contributed by atoms with E-state index >= 15 is 0 Å². The number of methoxy groups -OCH3 is 2. The minimum atomic E-state index is -0.306. The van der Waals surface area contributed by atoms with Crippen molar-refractivity contribution in [2.24, 2.45) is 0 Å². The molecule has 2 aromatic rings. The fraction of sp³-hybridized carbons (Fsp3) is 0.368. The van der Waals surface area contributed by atoms with E-state index in [0.29, 0.717) is 50.0 Å². The molecule has 2 amide bonds.